The van der Waals surface area contributed by atoms with Gasteiger partial charge < -0.3 is 5.11 Å². The Labute approximate surface area is 187 Å². The molecule has 4 unspecified atom stereocenters. The van der Waals surface area contributed by atoms with Crippen LogP contribution < -0.4 is 0 Å². The fourth-order valence-corrected chi connectivity index (χ4v) is 9.75. The molecule has 4 fully saturated rings. The minimum atomic E-state index is -0.145. The van der Waals surface area contributed by atoms with Crippen LogP contribution in [0.4, 0.5) is 0 Å². The van der Waals surface area contributed by atoms with Crippen molar-refractivity contribution < 1.29 is 5.11 Å². The number of rotatable bonds is 6. The minimum Gasteiger partial charge on any atom is -0.393 e. The molecule has 0 radical (unpaired) electrons. The number of fused-ring (bicyclic) bond motifs is 5. The molecule has 4 rings (SSSR count). The fraction of sp³-hybridized carbons (Fsp3) is 0.931. The van der Waals surface area contributed by atoms with Gasteiger partial charge in [0.05, 0.1) is 6.10 Å². The molecule has 30 heavy (non-hydrogen) atoms. The van der Waals surface area contributed by atoms with Crippen molar-refractivity contribution in [3.8, 4) is 0 Å². The summed E-state index contributed by atoms with van der Waals surface area (Å²) in [5.41, 5.74) is 1.02. The van der Waals surface area contributed by atoms with E-state index >= 15 is 0 Å². The molecule has 0 aromatic rings. The second-order valence-corrected chi connectivity index (χ2v) is 13.0. The van der Waals surface area contributed by atoms with Crippen LogP contribution in [0.5, 0.6) is 0 Å². The Balaban J connectivity index is 1.49. The molecule has 4 aliphatic carbocycles. The van der Waals surface area contributed by atoms with E-state index in [1.807, 2.05) is 0 Å². The SMILES string of the molecule is C=C[C@H]1C2CCC3C(CC[C@@]4(C)C3CC[C@@H]4[C@H](C)CCCC(C)C)[C@@]2(C)CC[C@H]1O. The molecule has 0 spiro atoms. The van der Waals surface area contributed by atoms with Crippen LogP contribution in [0.3, 0.4) is 0 Å². The van der Waals surface area contributed by atoms with Crippen molar-refractivity contribution in [3.05, 3.63) is 12.7 Å². The fourth-order valence-electron chi connectivity index (χ4n) is 9.75. The molecule has 10 atom stereocenters. The molecule has 0 aliphatic heterocycles. The lowest BCUT2D eigenvalue weighted by Gasteiger charge is -2.62. The van der Waals surface area contributed by atoms with E-state index in [2.05, 4.69) is 47.3 Å². The number of hydrogen-bond acceptors (Lipinski definition) is 1. The summed E-state index contributed by atoms with van der Waals surface area (Å²) in [6.07, 6.45) is 17.1. The van der Waals surface area contributed by atoms with E-state index in [1.165, 1.54) is 64.2 Å². The Morgan fingerprint density at radius 1 is 0.867 bits per heavy atom. The van der Waals surface area contributed by atoms with Crippen LogP contribution in [-0.2, 0) is 0 Å². The minimum absolute atomic E-state index is 0.145. The van der Waals surface area contributed by atoms with Crippen LogP contribution >= 0.6 is 0 Å². The van der Waals surface area contributed by atoms with E-state index in [0.717, 1.165) is 41.9 Å². The maximum atomic E-state index is 10.6. The van der Waals surface area contributed by atoms with Crippen LogP contribution in [0.15, 0.2) is 12.7 Å². The first kappa shape index (κ1) is 22.9. The van der Waals surface area contributed by atoms with Crippen molar-refractivity contribution in [2.45, 2.75) is 111 Å². The summed E-state index contributed by atoms with van der Waals surface area (Å²) in [6.45, 7) is 16.8. The van der Waals surface area contributed by atoms with Gasteiger partial charge in [-0.2, -0.15) is 0 Å². The molecule has 0 amide bonds. The highest BCUT2D eigenvalue weighted by molar-refractivity contribution is 5.12. The Morgan fingerprint density at radius 3 is 2.23 bits per heavy atom. The van der Waals surface area contributed by atoms with Crippen LogP contribution in [0.2, 0.25) is 0 Å². The van der Waals surface area contributed by atoms with Gasteiger partial charge in [-0.25, -0.2) is 0 Å². The Kier molecular flexibility index (Phi) is 6.53. The topological polar surface area (TPSA) is 20.2 Å². The third-order valence-electron chi connectivity index (χ3n) is 11.3. The zero-order valence-electron chi connectivity index (χ0n) is 20.7. The van der Waals surface area contributed by atoms with Crippen molar-refractivity contribution in [2.75, 3.05) is 0 Å². The average Bonchev–Trinajstić information content (AvgIpc) is 3.05. The van der Waals surface area contributed by atoms with Gasteiger partial charge in [0.25, 0.3) is 0 Å². The largest absolute Gasteiger partial charge is 0.393 e. The van der Waals surface area contributed by atoms with Crippen LogP contribution in [0.1, 0.15) is 105 Å². The normalized spacial score (nSPS) is 49.2. The van der Waals surface area contributed by atoms with Crippen molar-refractivity contribution in [2.24, 2.45) is 58.2 Å². The van der Waals surface area contributed by atoms with Crippen LogP contribution in [0.25, 0.3) is 0 Å². The lowest BCUT2D eigenvalue weighted by Crippen LogP contribution is -2.56. The summed E-state index contributed by atoms with van der Waals surface area (Å²) in [4.78, 5) is 0. The predicted molar refractivity (Wildman–Crippen MR) is 128 cm³/mol. The van der Waals surface area contributed by atoms with E-state index in [-0.39, 0.29) is 6.10 Å². The van der Waals surface area contributed by atoms with Gasteiger partial charge in [-0.15, -0.1) is 6.58 Å². The van der Waals surface area contributed by atoms with E-state index < -0.39 is 0 Å². The van der Waals surface area contributed by atoms with Crippen molar-refractivity contribution in [1.82, 2.24) is 0 Å². The van der Waals surface area contributed by atoms with Gasteiger partial charge in [-0.1, -0.05) is 60.0 Å². The molecule has 1 nitrogen and oxygen atoms in total. The monoisotopic (exact) mass is 414 g/mol. The summed E-state index contributed by atoms with van der Waals surface area (Å²) in [7, 11) is 0. The van der Waals surface area contributed by atoms with Crippen LogP contribution in [-0.4, -0.2) is 11.2 Å². The lowest BCUT2D eigenvalue weighted by molar-refractivity contribution is -0.144. The third-order valence-corrected chi connectivity index (χ3v) is 11.3. The smallest absolute Gasteiger partial charge is 0.0605 e. The first-order valence-electron chi connectivity index (χ1n) is 13.5. The molecule has 0 saturated heterocycles. The summed E-state index contributed by atoms with van der Waals surface area (Å²) in [5, 5.41) is 10.6. The van der Waals surface area contributed by atoms with Gasteiger partial charge >= 0.3 is 0 Å². The van der Waals surface area contributed by atoms with E-state index in [9.17, 15) is 5.11 Å². The number of hydrogen-bond donors (Lipinski definition) is 1. The van der Waals surface area contributed by atoms with E-state index in [4.69, 9.17) is 0 Å². The summed E-state index contributed by atoms with van der Waals surface area (Å²) < 4.78 is 0. The van der Waals surface area contributed by atoms with Gasteiger partial charge in [0.1, 0.15) is 0 Å². The predicted octanol–water partition coefficient (Wildman–Crippen LogP) is 7.88. The Morgan fingerprint density at radius 2 is 1.53 bits per heavy atom. The molecule has 1 heteroatoms. The molecular weight excluding hydrogens is 364 g/mol. The maximum absolute atomic E-state index is 10.6. The van der Waals surface area contributed by atoms with E-state index in [0.29, 0.717) is 22.7 Å². The molecule has 4 aliphatic rings. The molecule has 0 bridgehead atoms. The van der Waals surface area contributed by atoms with Gasteiger partial charge in [0.2, 0.25) is 0 Å². The molecule has 1 N–H and O–H groups in total. The van der Waals surface area contributed by atoms with Gasteiger partial charge in [-0.3, -0.25) is 0 Å². The third kappa shape index (κ3) is 3.64. The quantitative estimate of drug-likeness (QED) is 0.438. The molecule has 0 aromatic heterocycles. The van der Waals surface area contributed by atoms with Crippen molar-refractivity contribution >= 4 is 0 Å². The highest BCUT2D eigenvalue weighted by Gasteiger charge is 2.61. The van der Waals surface area contributed by atoms with Gasteiger partial charge in [0.15, 0.2) is 0 Å². The maximum Gasteiger partial charge on any atom is 0.0605 e. The number of aliphatic hydroxyl groups excluding tert-OH is 1. The molecular formula is C29H50O. The highest BCUT2D eigenvalue weighted by Crippen LogP contribution is 2.69. The molecule has 0 aromatic carbocycles. The van der Waals surface area contributed by atoms with E-state index in [1.54, 1.807) is 0 Å². The zero-order chi connectivity index (χ0) is 21.7. The second-order valence-electron chi connectivity index (χ2n) is 13.0. The summed E-state index contributed by atoms with van der Waals surface area (Å²) >= 11 is 0. The average molecular weight is 415 g/mol. The highest BCUT2D eigenvalue weighted by atomic mass is 16.3. The summed E-state index contributed by atoms with van der Waals surface area (Å²) in [5.74, 6) is 6.49. The van der Waals surface area contributed by atoms with Crippen LogP contribution in [0, 0.1) is 58.2 Å². The molecule has 4 saturated carbocycles. The lowest BCUT2D eigenvalue weighted by atomic mass is 9.43. The van der Waals surface area contributed by atoms with Gasteiger partial charge in [0, 0.05) is 5.92 Å². The van der Waals surface area contributed by atoms with Crippen molar-refractivity contribution in [3.63, 3.8) is 0 Å². The summed E-state index contributed by atoms with van der Waals surface area (Å²) in [6, 6.07) is 0. The van der Waals surface area contributed by atoms with Gasteiger partial charge in [-0.05, 0) is 104 Å². The number of aliphatic hydroxyl groups is 1. The second kappa shape index (κ2) is 8.57. The molecule has 172 valence electrons. The zero-order valence-corrected chi connectivity index (χ0v) is 20.7. The Hall–Kier alpha value is -0.300. The first-order chi connectivity index (χ1) is 14.2. The Bertz CT molecular complexity index is 609. The first-order valence-corrected chi connectivity index (χ1v) is 13.5. The standard InChI is InChI=1S/C29H50O/c1-7-21-24-12-11-22-25-14-13-23(20(4)10-8-9-19(2)3)28(25,5)17-15-26(22)29(24,6)18-16-27(21)30/h7,19-27,30H,1,8-18H2,2-6H3/t20-,21+,22?,23-,24?,25?,26?,27-,28-,29+/m1/s1. The molecule has 0 heterocycles. The van der Waals surface area contributed by atoms with Crippen molar-refractivity contribution in [1.29, 1.82) is 0 Å².